The minimum absolute atomic E-state index is 0.185. The molecule has 21 heavy (non-hydrogen) atoms. The van der Waals surface area contributed by atoms with E-state index in [1.165, 1.54) is 0 Å². The largest absolute Gasteiger partial charge is 0.444 e. The lowest BCUT2D eigenvalue weighted by Gasteiger charge is -2.13. The lowest BCUT2D eigenvalue weighted by molar-refractivity contribution is 0.129. The van der Waals surface area contributed by atoms with Gasteiger partial charge in [0.05, 0.1) is 0 Å². The van der Waals surface area contributed by atoms with Gasteiger partial charge in [0.15, 0.2) is 6.10 Å². The summed E-state index contributed by atoms with van der Waals surface area (Å²) in [6.45, 7) is 5.93. The van der Waals surface area contributed by atoms with Crippen LogP contribution in [0, 0.1) is 17.3 Å². The van der Waals surface area contributed by atoms with Crippen LogP contribution in [0.5, 0.6) is 0 Å². The number of carbonyl (C=O) groups excluding carboxylic acids is 1. The lowest BCUT2D eigenvalue weighted by atomic mass is 9.97. The SMILES string of the molecule is CC(C)(C)C#CC(CCc1ccccc1)OC(=O)N=[N+]=[N-]. The van der Waals surface area contributed by atoms with Crippen LogP contribution in [0.25, 0.3) is 10.4 Å². The Morgan fingerprint density at radius 1 is 1.38 bits per heavy atom. The minimum atomic E-state index is -0.946. The third-order valence-electron chi connectivity index (χ3n) is 2.52. The molecule has 0 aliphatic carbocycles. The second-order valence-corrected chi connectivity index (χ2v) is 5.61. The summed E-state index contributed by atoms with van der Waals surface area (Å²) in [4.78, 5) is 13.7. The standard InChI is InChI=1S/C16H19N3O2/c1-16(2,3)12-11-14(21-15(20)18-19-17)10-9-13-7-5-4-6-8-13/h4-8,14H,9-10H2,1-3H3. The maximum atomic E-state index is 11.3. The Kier molecular flexibility index (Phi) is 6.32. The molecule has 0 saturated carbocycles. The highest BCUT2D eigenvalue weighted by molar-refractivity contribution is 5.68. The van der Waals surface area contributed by atoms with Crippen molar-refractivity contribution in [2.75, 3.05) is 0 Å². The van der Waals surface area contributed by atoms with Crippen molar-refractivity contribution in [3.05, 3.63) is 46.3 Å². The average molecular weight is 285 g/mol. The zero-order valence-corrected chi connectivity index (χ0v) is 12.5. The predicted octanol–water partition coefficient (Wildman–Crippen LogP) is 4.48. The smallest absolute Gasteiger partial charge is 0.397 e. The summed E-state index contributed by atoms with van der Waals surface area (Å²) >= 11 is 0. The molecule has 0 aliphatic rings. The van der Waals surface area contributed by atoms with Crippen molar-refractivity contribution >= 4 is 6.09 Å². The van der Waals surface area contributed by atoms with Crippen molar-refractivity contribution in [1.82, 2.24) is 0 Å². The predicted molar refractivity (Wildman–Crippen MR) is 81.4 cm³/mol. The number of hydrogen-bond acceptors (Lipinski definition) is 2. The molecule has 0 saturated heterocycles. The topological polar surface area (TPSA) is 75.1 Å². The summed E-state index contributed by atoms with van der Waals surface area (Å²) in [6, 6.07) is 9.86. The van der Waals surface area contributed by atoms with Crippen LogP contribution < -0.4 is 0 Å². The number of azide groups is 1. The maximum absolute atomic E-state index is 11.3. The van der Waals surface area contributed by atoms with Crippen molar-refractivity contribution in [1.29, 1.82) is 0 Å². The molecule has 1 unspecified atom stereocenters. The number of nitrogens with zero attached hydrogens (tertiary/aromatic N) is 3. The monoisotopic (exact) mass is 285 g/mol. The molecule has 1 rings (SSSR count). The summed E-state index contributed by atoms with van der Waals surface area (Å²) in [5, 5.41) is 2.92. The molecular weight excluding hydrogens is 266 g/mol. The Bertz CT molecular complexity index is 573. The highest BCUT2D eigenvalue weighted by Gasteiger charge is 2.12. The maximum Gasteiger partial charge on any atom is 0.397 e. The van der Waals surface area contributed by atoms with Crippen molar-refractivity contribution in [3.8, 4) is 11.8 Å². The van der Waals surface area contributed by atoms with Gasteiger partial charge in [0.25, 0.3) is 0 Å². The van der Waals surface area contributed by atoms with Crippen molar-refractivity contribution < 1.29 is 9.53 Å². The lowest BCUT2D eigenvalue weighted by Crippen LogP contribution is -2.16. The van der Waals surface area contributed by atoms with Crippen LogP contribution in [0.4, 0.5) is 4.79 Å². The Morgan fingerprint density at radius 2 is 2.05 bits per heavy atom. The number of ether oxygens (including phenoxy) is 1. The third-order valence-corrected chi connectivity index (χ3v) is 2.52. The molecule has 5 nitrogen and oxygen atoms in total. The number of carbonyl (C=O) groups is 1. The van der Waals surface area contributed by atoms with Gasteiger partial charge in [-0.2, -0.15) is 0 Å². The molecule has 0 aliphatic heterocycles. The summed E-state index contributed by atoms with van der Waals surface area (Å²) < 4.78 is 5.08. The number of rotatable bonds is 4. The van der Waals surface area contributed by atoms with Crippen LogP contribution >= 0.6 is 0 Å². The summed E-state index contributed by atoms with van der Waals surface area (Å²) in [7, 11) is 0. The van der Waals surface area contributed by atoms with Crippen LogP contribution in [0.3, 0.4) is 0 Å². The molecule has 0 N–H and O–H groups in total. The minimum Gasteiger partial charge on any atom is -0.444 e. The Labute approximate surface area is 124 Å². The third kappa shape index (κ3) is 7.66. The van der Waals surface area contributed by atoms with E-state index in [1.807, 2.05) is 51.1 Å². The van der Waals surface area contributed by atoms with Crippen molar-refractivity contribution in [3.63, 3.8) is 0 Å². The highest BCUT2D eigenvalue weighted by atomic mass is 16.6. The first kappa shape index (κ1) is 16.6. The normalized spacial score (nSPS) is 11.6. The average Bonchev–Trinajstić information content (AvgIpc) is 2.42. The fourth-order valence-electron chi connectivity index (χ4n) is 1.58. The molecule has 5 heteroatoms. The molecule has 110 valence electrons. The van der Waals surface area contributed by atoms with Gasteiger partial charge < -0.3 is 4.74 Å². The van der Waals surface area contributed by atoms with Crippen molar-refractivity contribution in [2.24, 2.45) is 10.5 Å². The molecule has 1 atom stereocenters. The van der Waals surface area contributed by atoms with Crippen LogP contribution in [-0.4, -0.2) is 12.2 Å². The van der Waals surface area contributed by atoms with E-state index in [0.717, 1.165) is 12.0 Å². The first-order chi connectivity index (χ1) is 9.90. The molecule has 1 aromatic rings. The molecule has 0 heterocycles. The van der Waals surface area contributed by atoms with E-state index in [-0.39, 0.29) is 5.41 Å². The van der Waals surface area contributed by atoms with Crippen LogP contribution in [0.2, 0.25) is 0 Å². The number of benzene rings is 1. The van der Waals surface area contributed by atoms with E-state index in [9.17, 15) is 4.79 Å². The van der Waals surface area contributed by atoms with E-state index in [1.54, 1.807) is 0 Å². The Hall–Kier alpha value is -2.44. The molecule has 0 fully saturated rings. The van der Waals surface area contributed by atoms with Gasteiger partial charge in [0, 0.05) is 15.4 Å². The van der Waals surface area contributed by atoms with Gasteiger partial charge in [-0.1, -0.05) is 42.2 Å². The second kappa shape index (κ2) is 7.98. The van der Waals surface area contributed by atoms with E-state index >= 15 is 0 Å². The van der Waals surface area contributed by atoms with Crippen molar-refractivity contribution in [2.45, 2.75) is 39.7 Å². The van der Waals surface area contributed by atoms with Gasteiger partial charge in [0.1, 0.15) is 0 Å². The van der Waals surface area contributed by atoms with Gasteiger partial charge >= 0.3 is 6.09 Å². The summed E-state index contributed by atoms with van der Waals surface area (Å²) in [5.41, 5.74) is 9.19. The first-order valence-corrected chi connectivity index (χ1v) is 6.73. The van der Waals surface area contributed by atoms with E-state index in [2.05, 4.69) is 21.9 Å². The molecule has 1 amide bonds. The van der Waals surface area contributed by atoms with E-state index in [0.29, 0.717) is 6.42 Å². The van der Waals surface area contributed by atoms with Gasteiger partial charge in [-0.25, -0.2) is 4.79 Å². The van der Waals surface area contributed by atoms with Gasteiger partial charge in [-0.05, 0) is 44.7 Å². The second-order valence-electron chi connectivity index (χ2n) is 5.61. The zero-order valence-electron chi connectivity index (χ0n) is 12.5. The Balaban J connectivity index is 2.73. The molecule has 1 aromatic carbocycles. The van der Waals surface area contributed by atoms with E-state index in [4.69, 9.17) is 10.3 Å². The highest BCUT2D eigenvalue weighted by Crippen LogP contribution is 2.12. The number of hydrogen-bond donors (Lipinski definition) is 0. The Morgan fingerprint density at radius 3 is 2.62 bits per heavy atom. The molecule has 0 spiro atoms. The quantitative estimate of drug-likeness (QED) is 0.354. The van der Waals surface area contributed by atoms with Crippen LogP contribution in [0.15, 0.2) is 35.4 Å². The van der Waals surface area contributed by atoms with Gasteiger partial charge in [-0.15, -0.1) is 0 Å². The summed E-state index contributed by atoms with van der Waals surface area (Å²) in [5.74, 6) is 5.99. The molecular formula is C16H19N3O2. The fraction of sp³-hybridized carbons (Fsp3) is 0.438. The summed E-state index contributed by atoms with van der Waals surface area (Å²) in [6.07, 6.45) is -0.241. The van der Waals surface area contributed by atoms with Gasteiger partial charge in [-0.3, -0.25) is 0 Å². The van der Waals surface area contributed by atoms with Gasteiger partial charge in [0.2, 0.25) is 0 Å². The molecule has 0 radical (unpaired) electrons. The first-order valence-electron chi connectivity index (χ1n) is 6.73. The molecule has 0 bridgehead atoms. The zero-order chi connectivity index (χ0) is 15.7. The van der Waals surface area contributed by atoms with Crippen LogP contribution in [0.1, 0.15) is 32.8 Å². The number of aryl methyl sites for hydroxylation is 1. The van der Waals surface area contributed by atoms with Crippen LogP contribution in [-0.2, 0) is 11.2 Å². The number of amides is 1. The van der Waals surface area contributed by atoms with E-state index < -0.39 is 12.2 Å². The fourth-order valence-corrected chi connectivity index (χ4v) is 1.58. The molecule has 0 aromatic heterocycles.